The van der Waals surface area contributed by atoms with E-state index in [2.05, 4.69) is 32.0 Å². The fourth-order valence-corrected chi connectivity index (χ4v) is 5.99. The topological polar surface area (TPSA) is 66.8 Å². The third kappa shape index (κ3) is 4.25. The molecule has 174 valence electrons. The fraction of sp³-hybridized carbons (Fsp3) is 0.500. The molecule has 2 aromatic rings. The summed E-state index contributed by atoms with van der Waals surface area (Å²) in [4.78, 5) is 25.8. The van der Waals surface area contributed by atoms with E-state index in [9.17, 15) is 9.59 Å². The van der Waals surface area contributed by atoms with Crippen LogP contribution in [0.3, 0.4) is 0 Å². The summed E-state index contributed by atoms with van der Waals surface area (Å²) >= 11 is 0. The largest absolute Gasteiger partial charge is 0.493 e. The van der Waals surface area contributed by atoms with Crippen molar-refractivity contribution in [2.24, 2.45) is 11.3 Å². The van der Waals surface area contributed by atoms with E-state index in [-0.39, 0.29) is 22.3 Å². The number of amides is 1. The van der Waals surface area contributed by atoms with Crippen LogP contribution in [0.25, 0.3) is 0 Å². The molecule has 0 radical (unpaired) electrons. The van der Waals surface area contributed by atoms with Gasteiger partial charge in [-0.3, -0.25) is 4.79 Å². The minimum atomic E-state index is -0.945. The highest BCUT2D eigenvalue weighted by molar-refractivity contribution is 5.97. The van der Waals surface area contributed by atoms with Crippen molar-refractivity contribution >= 4 is 17.6 Å². The Bertz CT molecular complexity index is 1060. The van der Waals surface area contributed by atoms with E-state index in [1.54, 1.807) is 24.3 Å². The van der Waals surface area contributed by atoms with Crippen molar-refractivity contribution in [3.63, 3.8) is 0 Å². The maximum atomic E-state index is 12.8. The summed E-state index contributed by atoms with van der Waals surface area (Å²) in [5, 5.41) is 9.12. The van der Waals surface area contributed by atoms with Gasteiger partial charge in [-0.25, -0.2) is 4.79 Å². The lowest BCUT2D eigenvalue weighted by atomic mass is 9.68. The number of carbonyl (C=O) groups is 2. The van der Waals surface area contributed by atoms with E-state index < -0.39 is 5.97 Å². The summed E-state index contributed by atoms with van der Waals surface area (Å²) < 4.78 is 5.88. The first kappa shape index (κ1) is 22.0. The van der Waals surface area contributed by atoms with Crippen molar-refractivity contribution in [1.29, 1.82) is 0 Å². The van der Waals surface area contributed by atoms with E-state index in [1.165, 1.54) is 11.1 Å². The molecule has 2 aliphatic heterocycles. The molecule has 5 rings (SSSR count). The number of benzene rings is 2. The van der Waals surface area contributed by atoms with Gasteiger partial charge in [0.25, 0.3) is 0 Å². The van der Waals surface area contributed by atoms with Gasteiger partial charge in [0.15, 0.2) is 0 Å². The number of anilines is 1. The molecule has 1 saturated heterocycles. The van der Waals surface area contributed by atoms with Gasteiger partial charge in [0, 0.05) is 24.2 Å². The quantitative estimate of drug-likeness (QED) is 0.662. The monoisotopic (exact) mass is 447 g/mol. The van der Waals surface area contributed by atoms with Gasteiger partial charge >= 0.3 is 5.97 Å². The molecule has 2 heterocycles. The van der Waals surface area contributed by atoms with Crippen LogP contribution in [0.15, 0.2) is 42.5 Å². The van der Waals surface area contributed by atoms with Crippen LogP contribution < -0.4 is 9.64 Å². The Morgan fingerprint density at radius 1 is 1.09 bits per heavy atom. The zero-order valence-electron chi connectivity index (χ0n) is 19.6. The van der Waals surface area contributed by atoms with Gasteiger partial charge in [0.05, 0.1) is 12.2 Å². The van der Waals surface area contributed by atoms with E-state index in [0.29, 0.717) is 12.3 Å². The summed E-state index contributed by atoms with van der Waals surface area (Å²) in [7, 11) is 0. The summed E-state index contributed by atoms with van der Waals surface area (Å²) in [5.74, 6) is 0.909. The average molecular weight is 448 g/mol. The van der Waals surface area contributed by atoms with Gasteiger partial charge in [0.1, 0.15) is 5.75 Å². The Morgan fingerprint density at radius 2 is 1.82 bits per heavy atom. The summed E-state index contributed by atoms with van der Waals surface area (Å²) in [5.41, 5.74) is 4.02. The highest BCUT2D eigenvalue weighted by atomic mass is 16.5. The summed E-state index contributed by atoms with van der Waals surface area (Å²) in [6.45, 7) is 6.15. The van der Waals surface area contributed by atoms with Crippen LogP contribution in [-0.2, 0) is 16.6 Å². The van der Waals surface area contributed by atoms with Crippen LogP contribution >= 0.6 is 0 Å². The van der Waals surface area contributed by atoms with E-state index in [1.807, 2.05) is 4.90 Å². The number of hydrogen-bond acceptors (Lipinski definition) is 3. The van der Waals surface area contributed by atoms with Crippen LogP contribution in [0.1, 0.15) is 73.9 Å². The van der Waals surface area contributed by atoms with Gasteiger partial charge in [-0.2, -0.15) is 0 Å². The molecule has 0 bridgehead atoms. The molecule has 1 amide bonds. The standard InChI is InChI=1S/C28H33NO4/c1-27(2)13-14-33-24-8-3-20(16-23(24)27)15-19-9-11-28(12-10-19)17-25(30)29(18-28)22-6-4-21(5-7-22)26(31)32/h3-8,16,19H,9-15,17-18H2,1-2H3,(H,31,32). The number of carbonyl (C=O) groups excluding carboxylic acids is 1. The zero-order chi connectivity index (χ0) is 23.2. The third-order valence-electron chi connectivity index (χ3n) is 8.19. The Kier molecular flexibility index (Phi) is 5.46. The first-order valence-corrected chi connectivity index (χ1v) is 12.1. The Hall–Kier alpha value is -2.82. The Morgan fingerprint density at radius 3 is 2.52 bits per heavy atom. The smallest absolute Gasteiger partial charge is 0.335 e. The van der Waals surface area contributed by atoms with E-state index in [0.717, 1.165) is 63.1 Å². The van der Waals surface area contributed by atoms with Crippen molar-refractivity contribution in [3.05, 3.63) is 59.2 Å². The Balaban J connectivity index is 1.22. The minimum Gasteiger partial charge on any atom is -0.493 e. The minimum absolute atomic E-state index is 0.0603. The van der Waals surface area contributed by atoms with Crippen molar-refractivity contribution in [2.45, 2.75) is 64.2 Å². The van der Waals surface area contributed by atoms with Crippen molar-refractivity contribution in [2.75, 3.05) is 18.1 Å². The van der Waals surface area contributed by atoms with Gasteiger partial charge in [-0.15, -0.1) is 0 Å². The molecule has 0 aromatic heterocycles. The molecule has 5 heteroatoms. The lowest BCUT2D eigenvalue weighted by molar-refractivity contribution is -0.118. The van der Waals surface area contributed by atoms with Gasteiger partial charge in [-0.05, 0) is 91.2 Å². The average Bonchev–Trinajstić information content (AvgIpc) is 3.11. The van der Waals surface area contributed by atoms with Gasteiger partial charge in [0.2, 0.25) is 5.91 Å². The molecule has 2 fully saturated rings. The maximum absolute atomic E-state index is 12.8. The molecule has 0 atom stereocenters. The molecule has 0 unspecified atom stereocenters. The van der Waals surface area contributed by atoms with Gasteiger partial charge in [-0.1, -0.05) is 26.0 Å². The molecule has 1 saturated carbocycles. The second kappa shape index (κ2) is 8.19. The fourth-order valence-electron chi connectivity index (χ4n) is 5.99. The zero-order valence-corrected chi connectivity index (χ0v) is 19.6. The molecular weight excluding hydrogens is 414 g/mol. The van der Waals surface area contributed by atoms with Crippen LogP contribution in [0.5, 0.6) is 5.75 Å². The number of carboxylic acids is 1. The van der Waals surface area contributed by atoms with Crippen LogP contribution in [0.2, 0.25) is 0 Å². The second-order valence-corrected chi connectivity index (χ2v) is 11.0. The van der Waals surface area contributed by atoms with Crippen LogP contribution in [0, 0.1) is 11.3 Å². The first-order chi connectivity index (χ1) is 15.7. The van der Waals surface area contributed by atoms with E-state index >= 15 is 0 Å². The van der Waals surface area contributed by atoms with Crippen molar-refractivity contribution in [3.8, 4) is 5.75 Å². The molecule has 1 N–H and O–H groups in total. The number of aromatic carboxylic acids is 1. The molecular formula is C28H33NO4. The molecule has 33 heavy (non-hydrogen) atoms. The number of nitrogens with zero attached hydrogens (tertiary/aromatic N) is 1. The lowest BCUT2D eigenvalue weighted by Gasteiger charge is -2.37. The SMILES string of the molecule is CC1(C)CCOc2ccc(CC3CCC4(CC3)CC(=O)N(c3ccc(C(=O)O)cc3)C4)cc21. The molecule has 3 aliphatic rings. The number of ether oxygens (including phenoxy) is 1. The summed E-state index contributed by atoms with van der Waals surface area (Å²) in [6.07, 6.45) is 7.20. The van der Waals surface area contributed by atoms with Crippen LogP contribution in [-0.4, -0.2) is 30.1 Å². The normalized spacial score (nSPS) is 26.2. The number of fused-ring (bicyclic) bond motifs is 1. The summed E-state index contributed by atoms with van der Waals surface area (Å²) in [6, 6.07) is 13.4. The number of carboxylic acid groups (broad SMARTS) is 1. The highest BCUT2D eigenvalue weighted by Crippen LogP contribution is 2.48. The van der Waals surface area contributed by atoms with E-state index in [4.69, 9.17) is 9.84 Å². The predicted octanol–water partition coefficient (Wildman–Crippen LogP) is 5.60. The highest BCUT2D eigenvalue weighted by Gasteiger charge is 2.45. The maximum Gasteiger partial charge on any atom is 0.335 e. The molecule has 5 nitrogen and oxygen atoms in total. The molecule has 1 aliphatic carbocycles. The third-order valence-corrected chi connectivity index (χ3v) is 8.19. The number of rotatable bonds is 4. The van der Waals surface area contributed by atoms with Gasteiger partial charge < -0.3 is 14.7 Å². The second-order valence-electron chi connectivity index (χ2n) is 11.0. The number of hydrogen-bond donors (Lipinski definition) is 1. The predicted molar refractivity (Wildman–Crippen MR) is 128 cm³/mol. The van der Waals surface area contributed by atoms with Crippen molar-refractivity contribution in [1.82, 2.24) is 0 Å². The molecule has 2 aromatic carbocycles. The molecule has 1 spiro atoms. The first-order valence-electron chi connectivity index (χ1n) is 12.1. The Labute approximate surface area is 195 Å². The van der Waals surface area contributed by atoms with Crippen molar-refractivity contribution < 1.29 is 19.4 Å². The lowest BCUT2D eigenvalue weighted by Crippen LogP contribution is -2.32. The van der Waals surface area contributed by atoms with Crippen LogP contribution in [0.4, 0.5) is 5.69 Å².